The summed E-state index contributed by atoms with van der Waals surface area (Å²) in [5.41, 5.74) is 6.08. The first-order valence-corrected chi connectivity index (χ1v) is 4.75. The van der Waals surface area contributed by atoms with Crippen LogP contribution in [0.4, 0.5) is 0 Å². The van der Waals surface area contributed by atoms with Gasteiger partial charge in [0.15, 0.2) is 0 Å². The largest absolute Gasteiger partial charge is 0.377 e. The second-order valence-corrected chi connectivity index (χ2v) is 4.52. The highest BCUT2D eigenvalue weighted by molar-refractivity contribution is 4.76. The zero-order valence-electron chi connectivity index (χ0n) is 9.05. The first-order valence-electron chi connectivity index (χ1n) is 4.75. The highest BCUT2D eigenvalue weighted by Crippen LogP contribution is 2.17. The normalized spacial score (nSPS) is 17.5. The third-order valence-corrected chi connectivity index (χ3v) is 2.25. The smallest absolute Gasteiger partial charge is 0.0626 e. The average molecular weight is 173 g/mol. The molecule has 0 aromatic heterocycles. The molecule has 0 aliphatic carbocycles. The first kappa shape index (κ1) is 11.9. The Morgan fingerprint density at radius 3 is 2.17 bits per heavy atom. The molecule has 2 atom stereocenters. The molecule has 0 bridgehead atoms. The maximum absolute atomic E-state index is 5.93. The molecule has 0 aliphatic heterocycles. The maximum atomic E-state index is 5.93. The van der Waals surface area contributed by atoms with Crippen molar-refractivity contribution in [2.24, 2.45) is 11.1 Å². The summed E-state index contributed by atoms with van der Waals surface area (Å²) in [6.45, 7) is 11.3. The van der Waals surface area contributed by atoms with Crippen molar-refractivity contribution in [1.82, 2.24) is 0 Å². The minimum Gasteiger partial charge on any atom is -0.377 e. The summed E-state index contributed by atoms with van der Waals surface area (Å²) in [5.74, 6) is 0. The monoisotopic (exact) mass is 173 g/mol. The molecular formula is C10H23NO. The minimum absolute atomic E-state index is 0.131. The van der Waals surface area contributed by atoms with Gasteiger partial charge in [-0.05, 0) is 18.8 Å². The predicted octanol–water partition coefficient (Wildman–Crippen LogP) is 2.17. The van der Waals surface area contributed by atoms with Crippen molar-refractivity contribution in [3.05, 3.63) is 0 Å². The van der Waals surface area contributed by atoms with Gasteiger partial charge < -0.3 is 10.5 Å². The molecule has 0 saturated carbocycles. The van der Waals surface area contributed by atoms with Crippen molar-refractivity contribution in [2.45, 2.75) is 53.2 Å². The molecule has 0 rings (SSSR count). The molecule has 0 aromatic carbocycles. The van der Waals surface area contributed by atoms with E-state index in [1.54, 1.807) is 0 Å². The Labute approximate surface area is 76.5 Å². The van der Waals surface area contributed by atoms with E-state index in [0.717, 1.165) is 6.42 Å². The number of ether oxygens (including phenoxy) is 1. The molecule has 74 valence electrons. The molecule has 0 heterocycles. The van der Waals surface area contributed by atoms with Crippen molar-refractivity contribution >= 4 is 0 Å². The van der Waals surface area contributed by atoms with E-state index in [9.17, 15) is 0 Å². The number of hydrogen-bond donors (Lipinski definition) is 1. The van der Waals surface area contributed by atoms with E-state index in [0.29, 0.717) is 12.7 Å². The van der Waals surface area contributed by atoms with Crippen LogP contribution >= 0.6 is 0 Å². The maximum Gasteiger partial charge on any atom is 0.0626 e. The Balaban J connectivity index is 3.64. The van der Waals surface area contributed by atoms with Crippen LogP contribution in [0.15, 0.2) is 0 Å². The molecule has 2 nitrogen and oxygen atoms in total. The lowest BCUT2D eigenvalue weighted by atomic mass is 9.88. The fourth-order valence-corrected chi connectivity index (χ4v) is 0.636. The van der Waals surface area contributed by atoms with Crippen molar-refractivity contribution in [1.29, 1.82) is 0 Å². The highest BCUT2D eigenvalue weighted by Gasteiger charge is 2.20. The molecule has 12 heavy (non-hydrogen) atoms. The van der Waals surface area contributed by atoms with Crippen LogP contribution in [0, 0.1) is 5.41 Å². The summed E-state index contributed by atoms with van der Waals surface area (Å²) in [6, 6.07) is 0.131. The van der Waals surface area contributed by atoms with E-state index in [-0.39, 0.29) is 11.5 Å². The van der Waals surface area contributed by atoms with Crippen LogP contribution in [0.1, 0.15) is 41.0 Å². The lowest BCUT2D eigenvalue weighted by Crippen LogP contribution is -2.39. The Hall–Kier alpha value is -0.0800. The fraction of sp³-hybridized carbons (Fsp3) is 1.00. The highest BCUT2D eigenvalue weighted by atomic mass is 16.5. The lowest BCUT2D eigenvalue weighted by Gasteiger charge is -2.27. The summed E-state index contributed by atoms with van der Waals surface area (Å²) in [5, 5.41) is 0. The first-order chi connectivity index (χ1) is 5.38. The third kappa shape index (κ3) is 4.73. The van der Waals surface area contributed by atoms with Crippen molar-refractivity contribution in [2.75, 3.05) is 6.61 Å². The Morgan fingerprint density at radius 2 is 1.83 bits per heavy atom. The molecule has 0 saturated heterocycles. The van der Waals surface area contributed by atoms with Gasteiger partial charge in [0.2, 0.25) is 0 Å². The minimum atomic E-state index is 0.131. The molecule has 0 aromatic rings. The van der Waals surface area contributed by atoms with Crippen molar-refractivity contribution in [3.63, 3.8) is 0 Å². The van der Waals surface area contributed by atoms with E-state index < -0.39 is 0 Å². The van der Waals surface area contributed by atoms with E-state index >= 15 is 0 Å². The summed E-state index contributed by atoms with van der Waals surface area (Å²) in [6.07, 6.45) is 1.38. The van der Waals surface area contributed by atoms with Crippen LogP contribution in [-0.4, -0.2) is 18.8 Å². The quantitative estimate of drug-likeness (QED) is 0.707. The lowest BCUT2D eigenvalue weighted by molar-refractivity contribution is 0.0347. The van der Waals surface area contributed by atoms with Gasteiger partial charge in [-0.2, -0.15) is 0 Å². The van der Waals surface area contributed by atoms with E-state index in [2.05, 4.69) is 34.6 Å². The number of nitrogens with two attached hydrogens (primary N) is 1. The SMILES string of the molecule is CCC(C)OCC(N)C(C)(C)C. The molecule has 0 amide bonds. The van der Waals surface area contributed by atoms with Gasteiger partial charge in [-0.25, -0.2) is 0 Å². The topological polar surface area (TPSA) is 35.2 Å². The van der Waals surface area contributed by atoms with E-state index in [4.69, 9.17) is 10.5 Å². The third-order valence-electron chi connectivity index (χ3n) is 2.25. The average Bonchev–Trinajstić information content (AvgIpc) is 1.97. The summed E-state index contributed by atoms with van der Waals surface area (Å²) in [7, 11) is 0. The van der Waals surface area contributed by atoms with Gasteiger partial charge in [0.05, 0.1) is 12.7 Å². The van der Waals surface area contributed by atoms with Gasteiger partial charge in [0.25, 0.3) is 0 Å². The zero-order valence-corrected chi connectivity index (χ0v) is 9.05. The van der Waals surface area contributed by atoms with Crippen LogP contribution in [0.5, 0.6) is 0 Å². The molecule has 2 heteroatoms. The second kappa shape index (κ2) is 4.83. The van der Waals surface area contributed by atoms with Gasteiger partial charge in [-0.15, -0.1) is 0 Å². The Morgan fingerprint density at radius 1 is 1.33 bits per heavy atom. The van der Waals surface area contributed by atoms with Crippen LogP contribution in [0.2, 0.25) is 0 Å². The molecule has 2 N–H and O–H groups in total. The number of hydrogen-bond acceptors (Lipinski definition) is 2. The summed E-state index contributed by atoms with van der Waals surface area (Å²) in [4.78, 5) is 0. The molecule has 0 aliphatic rings. The molecule has 0 radical (unpaired) electrons. The van der Waals surface area contributed by atoms with Gasteiger partial charge in [0.1, 0.15) is 0 Å². The van der Waals surface area contributed by atoms with Crippen LogP contribution in [0.3, 0.4) is 0 Å². The fourth-order valence-electron chi connectivity index (χ4n) is 0.636. The Kier molecular flexibility index (Phi) is 4.80. The molecular weight excluding hydrogens is 150 g/mol. The number of rotatable bonds is 4. The zero-order chi connectivity index (χ0) is 9.78. The Bertz CT molecular complexity index is 117. The van der Waals surface area contributed by atoms with Crippen LogP contribution in [0.25, 0.3) is 0 Å². The van der Waals surface area contributed by atoms with Gasteiger partial charge >= 0.3 is 0 Å². The predicted molar refractivity (Wildman–Crippen MR) is 53.1 cm³/mol. The van der Waals surface area contributed by atoms with Gasteiger partial charge in [0, 0.05) is 6.04 Å². The second-order valence-electron chi connectivity index (χ2n) is 4.52. The van der Waals surface area contributed by atoms with Gasteiger partial charge in [-0.3, -0.25) is 0 Å². The standard InChI is InChI=1S/C10H23NO/c1-6-8(2)12-7-9(11)10(3,4)5/h8-9H,6-7,11H2,1-5H3. The van der Waals surface area contributed by atoms with Crippen LogP contribution < -0.4 is 5.73 Å². The van der Waals surface area contributed by atoms with Gasteiger partial charge in [-0.1, -0.05) is 27.7 Å². The molecule has 0 fully saturated rings. The molecule has 0 spiro atoms. The van der Waals surface area contributed by atoms with Crippen molar-refractivity contribution < 1.29 is 4.74 Å². The summed E-state index contributed by atoms with van der Waals surface area (Å²) < 4.78 is 5.55. The van der Waals surface area contributed by atoms with E-state index in [1.165, 1.54) is 0 Å². The molecule has 2 unspecified atom stereocenters. The van der Waals surface area contributed by atoms with Crippen LogP contribution in [-0.2, 0) is 4.74 Å². The van der Waals surface area contributed by atoms with E-state index in [1.807, 2.05) is 0 Å². The summed E-state index contributed by atoms with van der Waals surface area (Å²) >= 11 is 0. The van der Waals surface area contributed by atoms with Crippen molar-refractivity contribution in [3.8, 4) is 0 Å².